The van der Waals surface area contributed by atoms with E-state index < -0.39 is 16.0 Å². The summed E-state index contributed by atoms with van der Waals surface area (Å²) in [7, 11) is -0.988. The molecule has 1 aromatic carbocycles. The number of hydrogen-bond donors (Lipinski definition) is 1. The first kappa shape index (κ1) is 19.2. The van der Waals surface area contributed by atoms with Crippen molar-refractivity contribution in [2.24, 2.45) is 7.05 Å². The standard InChI is InChI=1S/C18H18N2O5S3/c1-20-12-8-7-10(9-14(12)27-18(20)22)28(23,24)19-16-15(17(21)25-2)11-5-3-4-6-13(11)26-16/h7-9,19H,3-6H2,1-2H3. The second-order valence-corrected chi connectivity index (χ2v) is 10.3. The third-order valence-corrected chi connectivity index (χ3v) is 8.54. The van der Waals surface area contributed by atoms with Crippen molar-refractivity contribution in [2.45, 2.75) is 30.6 Å². The van der Waals surface area contributed by atoms with Gasteiger partial charge in [-0.2, -0.15) is 0 Å². The summed E-state index contributed by atoms with van der Waals surface area (Å²) in [5.74, 6) is -0.533. The minimum Gasteiger partial charge on any atom is -0.465 e. The lowest BCUT2D eigenvalue weighted by Crippen LogP contribution is -2.15. The van der Waals surface area contributed by atoms with Crippen molar-refractivity contribution in [2.75, 3.05) is 11.8 Å². The molecule has 0 spiro atoms. The van der Waals surface area contributed by atoms with Crippen LogP contribution in [-0.4, -0.2) is 26.1 Å². The number of thiophene rings is 1. The summed E-state index contributed by atoms with van der Waals surface area (Å²) in [5, 5.41) is 0.292. The first-order valence-corrected chi connectivity index (χ1v) is 11.8. The summed E-state index contributed by atoms with van der Waals surface area (Å²) in [5.41, 5.74) is 1.88. The molecule has 148 valence electrons. The van der Waals surface area contributed by atoms with Crippen LogP contribution >= 0.6 is 22.7 Å². The van der Waals surface area contributed by atoms with Crippen molar-refractivity contribution in [3.63, 3.8) is 0 Å². The first-order valence-electron chi connectivity index (χ1n) is 8.67. The number of nitrogens with one attached hydrogen (secondary N) is 1. The van der Waals surface area contributed by atoms with E-state index in [4.69, 9.17) is 4.74 Å². The predicted molar refractivity (Wildman–Crippen MR) is 110 cm³/mol. The molecule has 0 radical (unpaired) electrons. The van der Waals surface area contributed by atoms with E-state index in [2.05, 4.69) is 4.72 Å². The topological polar surface area (TPSA) is 94.5 Å². The van der Waals surface area contributed by atoms with Crippen LogP contribution < -0.4 is 9.60 Å². The van der Waals surface area contributed by atoms with E-state index in [1.54, 1.807) is 13.1 Å². The zero-order chi connectivity index (χ0) is 20.1. The van der Waals surface area contributed by atoms with Crippen LogP contribution in [0.15, 0.2) is 27.9 Å². The fraction of sp³-hybridized carbons (Fsp3) is 0.333. The number of fused-ring (bicyclic) bond motifs is 2. The number of hydrogen-bond acceptors (Lipinski definition) is 7. The van der Waals surface area contributed by atoms with Gasteiger partial charge in [-0.15, -0.1) is 11.3 Å². The number of carbonyl (C=O) groups is 1. The van der Waals surface area contributed by atoms with Crippen LogP contribution in [0.3, 0.4) is 0 Å². The fourth-order valence-corrected chi connectivity index (χ4v) is 7.02. The molecule has 7 nitrogen and oxygen atoms in total. The van der Waals surface area contributed by atoms with E-state index in [9.17, 15) is 18.0 Å². The number of methoxy groups -OCH3 is 1. The van der Waals surface area contributed by atoms with Crippen molar-refractivity contribution in [3.05, 3.63) is 43.9 Å². The molecule has 0 bridgehead atoms. The molecule has 0 atom stereocenters. The molecular weight excluding hydrogens is 420 g/mol. The molecule has 0 unspecified atom stereocenters. The van der Waals surface area contributed by atoms with Gasteiger partial charge < -0.3 is 9.30 Å². The summed E-state index contributed by atoms with van der Waals surface area (Å²) in [6.45, 7) is 0. The predicted octanol–water partition coefficient (Wildman–Crippen LogP) is 3.13. The minimum atomic E-state index is -3.92. The second-order valence-electron chi connectivity index (χ2n) is 6.57. The number of aromatic nitrogens is 1. The largest absolute Gasteiger partial charge is 0.465 e. The van der Waals surface area contributed by atoms with Gasteiger partial charge in [0.05, 0.1) is 27.8 Å². The molecule has 2 heterocycles. The van der Waals surface area contributed by atoms with E-state index in [0.29, 0.717) is 20.8 Å². The summed E-state index contributed by atoms with van der Waals surface area (Å²) in [6.07, 6.45) is 3.55. The Balaban J connectivity index is 1.77. The third kappa shape index (κ3) is 3.15. The van der Waals surface area contributed by atoms with Gasteiger partial charge in [-0.25, -0.2) is 13.2 Å². The van der Waals surface area contributed by atoms with E-state index in [1.807, 2.05) is 0 Å². The lowest BCUT2D eigenvalue weighted by atomic mass is 9.95. The molecular formula is C18H18N2O5S3. The smallest absolute Gasteiger partial charge is 0.341 e. The van der Waals surface area contributed by atoms with Crippen LogP contribution in [0.1, 0.15) is 33.6 Å². The van der Waals surface area contributed by atoms with Crippen LogP contribution in [0.5, 0.6) is 0 Å². The van der Waals surface area contributed by atoms with Gasteiger partial charge in [0.1, 0.15) is 5.00 Å². The van der Waals surface area contributed by atoms with E-state index in [1.165, 1.54) is 35.1 Å². The highest BCUT2D eigenvalue weighted by Crippen LogP contribution is 2.39. The number of sulfonamides is 1. The Morgan fingerprint density at radius 2 is 1.96 bits per heavy atom. The third-order valence-electron chi connectivity index (χ3n) is 4.86. The van der Waals surface area contributed by atoms with Gasteiger partial charge in [0, 0.05) is 11.9 Å². The molecule has 0 amide bonds. The molecule has 1 N–H and O–H groups in total. The van der Waals surface area contributed by atoms with Gasteiger partial charge in [-0.1, -0.05) is 11.3 Å². The highest BCUT2D eigenvalue weighted by Gasteiger charge is 2.28. The summed E-state index contributed by atoms with van der Waals surface area (Å²) in [6, 6.07) is 4.56. The van der Waals surface area contributed by atoms with Crippen LogP contribution in [0.25, 0.3) is 10.2 Å². The molecule has 28 heavy (non-hydrogen) atoms. The number of nitrogens with zero attached hydrogens (tertiary/aromatic N) is 1. The molecule has 1 aliphatic rings. The van der Waals surface area contributed by atoms with E-state index in [-0.39, 0.29) is 9.77 Å². The summed E-state index contributed by atoms with van der Waals surface area (Å²) >= 11 is 2.29. The Bertz CT molecular complexity index is 1250. The van der Waals surface area contributed by atoms with Gasteiger partial charge >= 0.3 is 10.8 Å². The minimum absolute atomic E-state index is 0.0454. The normalized spacial score (nSPS) is 14.1. The maximum atomic E-state index is 13.0. The fourth-order valence-electron chi connectivity index (χ4n) is 3.42. The molecule has 4 rings (SSSR count). The highest BCUT2D eigenvalue weighted by atomic mass is 32.2. The zero-order valence-corrected chi connectivity index (χ0v) is 17.7. The van der Waals surface area contributed by atoms with Gasteiger partial charge in [0.15, 0.2) is 0 Å². The van der Waals surface area contributed by atoms with Crippen molar-refractivity contribution in [1.29, 1.82) is 0 Å². The SMILES string of the molecule is COC(=O)c1c(NS(=O)(=O)c2ccc3c(c2)sc(=O)n3C)sc2c1CCCC2. The Kier molecular flexibility index (Phi) is 4.80. The van der Waals surface area contributed by atoms with Crippen LogP contribution in [0.2, 0.25) is 0 Å². The molecule has 0 aliphatic heterocycles. The molecule has 2 aromatic heterocycles. The second kappa shape index (κ2) is 7.02. The van der Waals surface area contributed by atoms with Gasteiger partial charge in [0.25, 0.3) is 10.0 Å². The van der Waals surface area contributed by atoms with Crippen molar-refractivity contribution >= 4 is 53.9 Å². The van der Waals surface area contributed by atoms with Crippen LogP contribution in [0.4, 0.5) is 5.00 Å². The molecule has 0 saturated carbocycles. The molecule has 10 heteroatoms. The van der Waals surface area contributed by atoms with Gasteiger partial charge in [-0.05, 0) is 49.4 Å². The Morgan fingerprint density at radius 1 is 1.21 bits per heavy atom. The molecule has 0 saturated heterocycles. The number of aryl methyl sites for hydroxylation is 2. The number of esters is 1. The Hall–Kier alpha value is -2.17. The lowest BCUT2D eigenvalue weighted by Gasteiger charge is -2.12. The van der Waals surface area contributed by atoms with Crippen molar-refractivity contribution < 1.29 is 17.9 Å². The maximum absolute atomic E-state index is 13.0. The Labute approximate surface area is 169 Å². The number of carbonyl (C=O) groups excluding carboxylic acids is 1. The number of benzene rings is 1. The Morgan fingerprint density at radius 3 is 2.71 bits per heavy atom. The zero-order valence-electron chi connectivity index (χ0n) is 15.3. The lowest BCUT2D eigenvalue weighted by molar-refractivity contribution is 0.0601. The molecule has 3 aromatic rings. The van der Waals surface area contributed by atoms with Gasteiger partial charge in [-0.3, -0.25) is 9.52 Å². The number of ether oxygens (including phenoxy) is 1. The van der Waals surface area contributed by atoms with E-state index in [0.717, 1.165) is 47.5 Å². The number of rotatable bonds is 4. The maximum Gasteiger partial charge on any atom is 0.341 e. The highest BCUT2D eigenvalue weighted by molar-refractivity contribution is 7.93. The number of thiazole rings is 1. The van der Waals surface area contributed by atoms with E-state index >= 15 is 0 Å². The van der Waals surface area contributed by atoms with Gasteiger partial charge in [0.2, 0.25) is 0 Å². The quantitative estimate of drug-likeness (QED) is 0.632. The van der Waals surface area contributed by atoms with Crippen molar-refractivity contribution in [1.82, 2.24) is 4.57 Å². The van der Waals surface area contributed by atoms with Crippen LogP contribution in [-0.2, 0) is 34.6 Å². The average Bonchev–Trinajstić information content (AvgIpc) is 3.17. The number of anilines is 1. The van der Waals surface area contributed by atoms with Crippen molar-refractivity contribution in [3.8, 4) is 0 Å². The summed E-state index contributed by atoms with van der Waals surface area (Å²) in [4.78, 5) is 25.1. The first-order chi connectivity index (χ1) is 13.3. The summed E-state index contributed by atoms with van der Waals surface area (Å²) < 4.78 is 35.5. The average molecular weight is 439 g/mol. The van der Waals surface area contributed by atoms with Crippen LogP contribution in [0, 0.1) is 0 Å². The molecule has 0 fully saturated rings. The molecule has 1 aliphatic carbocycles. The monoisotopic (exact) mass is 438 g/mol.